The third-order valence-corrected chi connectivity index (χ3v) is 5.29. The standard InChI is InChI=1S/C23H30N4O2.HI/c1-2-24-23(26-17-21-15-19-5-3-4-6-22(19)29-21)25-16-18-7-9-20(10-8-18)27-11-13-28-14-12-27;/h3-10,21H,2,11-17H2,1H3,(H2,24,25,26);1H. The van der Waals surface area contributed by atoms with Crippen LogP contribution in [0.3, 0.4) is 0 Å². The number of aliphatic imine (C=N–C) groups is 1. The van der Waals surface area contributed by atoms with Crippen molar-refractivity contribution in [1.29, 1.82) is 0 Å². The Kier molecular flexibility index (Phi) is 8.62. The number of para-hydroxylation sites is 1. The lowest BCUT2D eigenvalue weighted by Crippen LogP contribution is -2.42. The smallest absolute Gasteiger partial charge is 0.191 e. The minimum absolute atomic E-state index is 0. The molecule has 1 atom stereocenters. The minimum Gasteiger partial charge on any atom is -0.488 e. The van der Waals surface area contributed by atoms with Gasteiger partial charge in [-0.05, 0) is 36.2 Å². The highest BCUT2D eigenvalue weighted by Crippen LogP contribution is 2.27. The van der Waals surface area contributed by atoms with Crippen molar-refractivity contribution in [2.45, 2.75) is 26.0 Å². The third-order valence-electron chi connectivity index (χ3n) is 5.29. The van der Waals surface area contributed by atoms with Crippen LogP contribution in [0.2, 0.25) is 0 Å². The molecular formula is C23H31IN4O2. The summed E-state index contributed by atoms with van der Waals surface area (Å²) in [4.78, 5) is 7.10. The zero-order valence-electron chi connectivity index (χ0n) is 17.5. The number of ether oxygens (including phenoxy) is 2. The highest BCUT2D eigenvalue weighted by atomic mass is 127. The first kappa shape index (κ1) is 22.7. The van der Waals surface area contributed by atoms with Crippen molar-refractivity contribution in [3.8, 4) is 5.75 Å². The van der Waals surface area contributed by atoms with Crippen LogP contribution in [0.15, 0.2) is 53.5 Å². The van der Waals surface area contributed by atoms with E-state index in [4.69, 9.17) is 14.5 Å². The Morgan fingerprint density at radius 3 is 2.57 bits per heavy atom. The number of rotatable bonds is 6. The molecular weight excluding hydrogens is 491 g/mol. The maximum atomic E-state index is 6.01. The first-order chi connectivity index (χ1) is 14.3. The zero-order valence-corrected chi connectivity index (χ0v) is 19.8. The highest BCUT2D eigenvalue weighted by Gasteiger charge is 2.22. The van der Waals surface area contributed by atoms with Gasteiger partial charge in [-0.2, -0.15) is 0 Å². The Morgan fingerprint density at radius 1 is 1.07 bits per heavy atom. The number of anilines is 1. The molecule has 2 heterocycles. The van der Waals surface area contributed by atoms with E-state index in [1.807, 2.05) is 12.1 Å². The molecule has 1 unspecified atom stereocenters. The first-order valence-corrected chi connectivity index (χ1v) is 10.5. The van der Waals surface area contributed by atoms with Crippen LogP contribution in [0.1, 0.15) is 18.1 Å². The van der Waals surface area contributed by atoms with Crippen molar-refractivity contribution in [2.75, 3.05) is 44.3 Å². The van der Waals surface area contributed by atoms with E-state index in [2.05, 4.69) is 58.9 Å². The Bertz CT molecular complexity index is 797. The third kappa shape index (κ3) is 6.01. The largest absolute Gasteiger partial charge is 0.488 e. The molecule has 0 amide bonds. The summed E-state index contributed by atoms with van der Waals surface area (Å²) in [6.07, 6.45) is 1.08. The molecule has 0 spiro atoms. The van der Waals surface area contributed by atoms with Gasteiger partial charge in [0.1, 0.15) is 11.9 Å². The predicted molar refractivity (Wildman–Crippen MR) is 132 cm³/mol. The van der Waals surface area contributed by atoms with Crippen LogP contribution in [0.4, 0.5) is 5.69 Å². The number of halogens is 1. The minimum atomic E-state index is 0. The number of hydrogen-bond acceptors (Lipinski definition) is 4. The van der Waals surface area contributed by atoms with Crippen LogP contribution in [0.5, 0.6) is 5.75 Å². The van der Waals surface area contributed by atoms with Crippen molar-refractivity contribution in [2.24, 2.45) is 4.99 Å². The van der Waals surface area contributed by atoms with E-state index in [1.165, 1.54) is 16.8 Å². The van der Waals surface area contributed by atoms with E-state index in [0.29, 0.717) is 6.54 Å². The molecule has 0 saturated carbocycles. The van der Waals surface area contributed by atoms with Crippen LogP contribution >= 0.6 is 24.0 Å². The Labute approximate surface area is 196 Å². The zero-order chi connectivity index (χ0) is 19.9. The molecule has 30 heavy (non-hydrogen) atoms. The normalized spacial score (nSPS) is 18.2. The molecule has 6 nitrogen and oxygen atoms in total. The van der Waals surface area contributed by atoms with Crippen LogP contribution in [-0.2, 0) is 17.7 Å². The van der Waals surface area contributed by atoms with Gasteiger partial charge in [-0.1, -0.05) is 30.3 Å². The number of benzene rings is 2. The Hall–Kier alpha value is -2.00. The molecule has 2 aromatic carbocycles. The van der Waals surface area contributed by atoms with Crippen LogP contribution < -0.4 is 20.3 Å². The van der Waals surface area contributed by atoms with Gasteiger partial charge in [-0.15, -0.1) is 24.0 Å². The van der Waals surface area contributed by atoms with Gasteiger partial charge in [-0.25, -0.2) is 4.99 Å². The molecule has 4 rings (SSSR count). The lowest BCUT2D eigenvalue weighted by atomic mass is 10.1. The van der Waals surface area contributed by atoms with E-state index < -0.39 is 0 Å². The summed E-state index contributed by atoms with van der Waals surface area (Å²) in [5.41, 5.74) is 3.73. The number of fused-ring (bicyclic) bond motifs is 1. The maximum Gasteiger partial charge on any atom is 0.191 e. The van der Waals surface area contributed by atoms with Gasteiger partial charge in [0.25, 0.3) is 0 Å². The second kappa shape index (κ2) is 11.4. The molecule has 0 aromatic heterocycles. The second-order valence-electron chi connectivity index (χ2n) is 7.39. The van der Waals surface area contributed by atoms with Crippen LogP contribution in [0.25, 0.3) is 0 Å². The average molecular weight is 522 g/mol. The van der Waals surface area contributed by atoms with E-state index >= 15 is 0 Å². The lowest BCUT2D eigenvalue weighted by Gasteiger charge is -2.28. The van der Waals surface area contributed by atoms with E-state index in [1.54, 1.807) is 0 Å². The fourth-order valence-electron chi connectivity index (χ4n) is 3.72. The van der Waals surface area contributed by atoms with Gasteiger partial charge in [0, 0.05) is 31.7 Å². The maximum absolute atomic E-state index is 6.01. The van der Waals surface area contributed by atoms with E-state index in [9.17, 15) is 0 Å². The summed E-state index contributed by atoms with van der Waals surface area (Å²) in [7, 11) is 0. The average Bonchev–Trinajstić information content (AvgIpc) is 3.20. The molecule has 162 valence electrons. The van der Waals surface area contributed by atoms with Gasteiger partial charge in [0.15, 0.2) is 5.96 Å². The summed E-state index contributed by atoms with van der Waals surface area (Å²) in [5.74, 6) is 1.82. The van der Waals surface area contributed by atoms with Gasteiger partial charge in [0.2, 0.25) is 0 Å². The summed E-state index contributed by atoms with van der Waals surface area (Å²) in [6.45, 7) is 7.81. The predicted octanol–water partition coefficient (Wildman–Crippen LogP) is 3.20. The van der Waals surface area contributed by atoms with Crippen molar-refractivity contribution in [3.63, 3.8) is 0 Å². The fourth-order valence-corrected chi connectivity index (χ4v) is 3.72. The fraction of sp³-hybridized carbons (Fsp3) is 0.435. The number of nitrogens with zero attached hydrogens (tertiary/aromatic N) is 2. The Balaban J connectivity index is 0.00000256. The number of hydrogen-bond donors (Lipinski definition) is 2. The molecule has 0 bridgehead atoms. The van der Waals surface area contributed by atoms with E-state index in [-0.39, 0.29) is 30.1 Å². The SMILES string of the molecule is CCNC(=NCc1ccc(N2CCOCC2)cc1)NCC1Cc2ccccc2O1.I. The topological polar surface area (TPSA) is 58.1 Å². The van der Waals surface area contributed by atoms with Gasteiger partial charge >= 0.3 is 0 Å². The van der Waals surface area contributed by atoms with Crippen molar-refractivity contribution in [1.82, 2.24) is 10.6 Å². The summed E-state index contributed by atoms with van der Waals surface area (Å²) < 4.78 is 11.4. The van der Waals surface area contributed by atoms with Gasteiger partial charge in [-0.3, -0.25) is 0 Å². The molecule has 2 N–H and O–H groups in total. The molecule has 7 heteroatoms. The van der Waals surface area contributed by atoms with Gasteiger partial charge < -0.3 is 25.0 Å². The molecule has 0 aliphatic carbocycles. The number of guanidine groups is 1. The quantitative estimate of drug-likeness (QED) is 0.347. The summed E-state index contributed by atoms with van der Waals surface area (Å²) >= 11 is 0. The first-order valence-electron chi connectivity index (χ1n) is 10.5. The molecule has 1 fully saturated rings. The van der Waals surface area contributed by atoms with Crippen molar-refractivity contribution >= 4 is 35.6 Å². The van der Waals surface area contributed by atoms with Crippen LogP contribution in [0, 0.1) is 0 Å². The second-order valence-corrected chi connectivity index (χ2v) is 7.39. The number of nitrogens with one attached hydrogen (secondary N) is 2. The summed E-state index contributed by atoms with van der Waals surface area (Å²) in [6, 6.07) is 16.9. The Morgan fingerprint density at radius 2 is 1.83 bits per heavy atom. The molecule has 2 aliphatic rings. The molecule has 2 aromatic rings. The monoisotopic (exact) mass is 522 g/mol. The van der Waals surface area contributed by atoms with E-state index in [0.717, 1.165) is 57.5 Å². The number of morpholine rings is 1. The van der Waals surface area contributed by atoms with Crippen molar-refractivity contribution < 1.29 is 9.47 Å². The summed E-state index contributed by atoms with van der Waals surface area (Å²) in [5, 5.41) is 6.74. The van der Waals surface area contributed by atoms with Crippen LogP contribution in [-0.4, -0.2) is 51.5 Å². The van der Waals surface area contributed by atoms with Crippen molar-refractivity contribution in [3.05, 3.63) is 59.7 Å². The molecule has 1 saturated heterocycles. The highest BCUT2D eigenvalue weighted by molar-refractivity contribution is 14.0. The molecule has 0 radical (unpaired) electrons. The molecule has 2 aliphatic heterocycles. The lowest BCUT2D eigenvalue weighted by molar-refractivity contribution is 0.122. The van der Waals surface area contributed by atoms with Gasteiger partial charge in [0.05, 0.1) is 26.3 Å².